The molecule has 6 rings (SSSR count). The van der Waals surface area contributed by atoms with Crippen LogP contribution in [0.15, 0.2) is 97.3 Å². The van der Waals surface area contributed by atoms with Crippen molar-refractivity contribution in [1.29, 1.82) is 0 Å². The first-order valence-corrected chi connectivity index (χ1v) is 15.7. The van der Waals surface area contributed by atoms with Crippen LogP contribution in [0, 0.1) is 0 Å². The lowest BCUT2D eigenvalue weighted by atomic mass is 9.91. The Hall–Kier alpha value is -4.43. The van der Waals surface area contributed by atoms with Crippen LogP contribution in [0.1, 0.15) is 53.3 Å². The van der Waals surface area contributed by atoms with Crippen LogP contribution in [0.25, 0.3) is 11.3 Å². The van der Waals surface area contributed by atoms with E-state index in [-0.39, 0.29) is 24.1 Å². The molecule has 1 aliphatic carbocycles. The van der Waals surface area contributed by atoms with Crippen LogP contribution in [-0.2, 0) is 17.7 Å². The van der Waals surface area contributed by atoms with Gasteiger partial charge in [0, 0.05) is 44.8 Å². The van der Waals surface area contributed by atoms with E-state index in [1.165, 1.54) is 11.1 Å². The molecule has 2 heterocycles. The lowest BCUT2D eigenvalue weighted by Gasteiger charge is -2.41. The van der Waals surface area contributed by atoms with Crippen molar-refractivity contribution in [3.05, 3.63) is 114 Å². The highest BCUT2D eigenvalue weighted by atomic mass is 16.6. The first kappa shape index (κ1) is 29.6. The molecule has 8 heteroatoms. The maximum absolute atomic E-state index is 14.6. The molecule has 4 aromatic rings. The monoisotopic (exact) mass is 591 g/mol. The molecule has 1 N–H and O–H groups in total. The fourth-order valence-electron chi connectivity index (χ4n) is 6.75. The molecule has 2 amide bonds. The van der Waals surface area contributed by atoms with Crippen LogP contribution in [0.4, 0.5) is 4.79 Å². The summed E-state index contributed by atoms with van der Waals surface area (Å²) in [5.74, 6) is -0.0533. The van der Waals surface area contributed by atoms with Gasteiger partial charge in [-0.25, -0.2) is 9.78 Å². The SMILES string of the molecule is CNC(=O)OC1CCCCC1n1cnc(C(=O)N2CCN(Cc3ccccc3)C[C@@H]2Cc2ccccc2)c1-c1ccccc1. The van der Waals surface area contributed by atoms with Crippen molar-refractivity contribution in [1.82, 2.24) is 24.7 Å². The Labute approximate surface area is 259 Å². The molecule has 8 nitrogen and oxygen atoms in total. The van der Waals surface area contributed by atoms with Crippen molar-refractivity contribution < 1.29 is 14.3 Å². The van der Waals surface area contributed by atoms with Crippen LogP contribution in [0.2, 0.25) is 0 Å². The Balaban J connectivity index is 1.33. The van der Waals surface area contributed by atoms with Crippen molar-refractivity contribution in [3.8, 4) is 11.3 Å². The number of nitrogens with zero attached hydrogens (tertiary/aromatic N) is 4. The number of carbonyl (C=O) groups excluding carboxylic acids is 2. The highest BCUT2D eigenvalue weighted by Crippen LogP contribution is 2.36. The fourth-order valence-corrected chi connectivity index (χ4v) is 6.75. The number of rotatable bonds is 8. The van der Waals surface area contributed by atoms with Gasteiger partial charge in [0.05, 0.1) is 18.1 Å². The molecule has 0 spiro atoms. The fraction of sp³-hybridized carbons (Fsp3) is 0.361. The van der Waals surface area contributed by atoms with Crippen LogP contribution in [-0.4, -0.2) is 70.2 Å². The summed E-state index contributed by atoms with van der Waals surface area (Å²) in [6.07, 6.45) is 5.46. The number of benzene rings is 3. The number of hydrogen-bond acceptors (Lipinski definition) is 5. The summed E-state index contributed by atoms with van der Waals surface area (Å²) >= 11 is 0. The second-order valence-corrected chi connectivity index (χ2v) is 11.8. The lowest BCUT2D eigenvalue weighted by molar-refractivity contribution is 0.0416. The third-order valence-corrected chi connectivity index (χ3v) is 8.92. The molecule has 2 fully saturated rings. The number of piperazine rings is 1. The Morgan fingerprint density at radius 2 is 1.52 bits per heavy atom. The van der Waals surface area contributed by atoms with Crippen LogP contribution in [0.3, 0.4) is 0 Å². The Morgan fingerprint density at radius 1 is 0.864 bits per heavy atom. The van der Waals surface area contributed by atoms with Gasteiger partial charge in [-0.05, 0) is 36.8 Å². The van der Waals surface area contributed by atoms with Crippen LogP contribution < -0.4 is 5.32 Å². The van der Waals surface area contributed by atoms with Crippen LogP contribution >= 0.6 is 0 Å². The van der Waals surface area contributed by atoms with Gasteiger partial charge in [0.25, 0.3) is 5.91 Å². The third-order valence-electron chi connectivity index (χ3n) is 8.92. The maximum atomic E-state index is 14.6. The van der Waals surface area contributed by atoms with Gasteiger partial charge in [0.2, 0.25) is 0 Å². The topological polar surface area (TPSA) is 79.7 Å². The van der Waals surface area contributed by atoms with Gasteiger partial charge < -0.3 is 19.5 Å². The van der Waals surface area contributed by atoms with Gasteiger partial charge in [-0.15, -0.1) is 0 Å². The normalized spacial score (nSPS) is 20.7. The Bertz CT molecular complexity index is 1530. The molecule has 44 heavy (non-hydrogen) atoms. The highest BCUT2D eigenvalue weighted by Gasteiger charge is 2.37. The average molecular weight is 592 g/mol. The van der Waals surface area contributed by atoms with E-state index >= 15 is 0 Å². The van der Waals surface area contributed by atoms with E-state index in [0.717, 1.165) is 63.0 Å². The number of ether oxygens (including phenoxy) is 1. The van der Waals surface area contributed by atoms with Gasteiger partial charge in [-0.1, -0.05) is 97.4 Å². The number of carbonyl (C=O) groups is 2. The van der Waals surface area contributed by atoms with E-state index in [1.54, 1.807) is 13.4 Å². The summed E-state index contributed by atoms with van der Waals surface area (Å²) in [4.78, 5) is 36.1. The molecular formula is C36H41N5O3. The Morgan fingerprint density at radius 3 is 2.23 bits per heavy atom. The summed E-state index contributed by atoms with van der Waals surface area (Å²) in [7, 11) is 1.58. The van der Waals surface area contributed by atoms with E-state index < -0.39 is 6.09 Å². The number of nitrogens with one attached hydrogen (secondary N) is 1. The minimum Gasteiger partial charge on any atom is -0.444 e. The first-order chi connectivity index (χ1) is 21.6. The lowest BCUT2D eigenvalue weighted by Crippen LogP contribution is -2.55. The quantitative estimate of drug-likeness (QED) is 0.274. The molecule has 1 aliphatic heterocycles. The standard InChI is InChI=1S/C36H41N5O3/c1-37-36(43)44-32-20-12-11-19-31(32)41-26-38-33(34(41)29-17-9-4-10-18-29)35(42)40-22-21-39(24-28-15-7-3-8-16-28)25-30(40)23-27-13-5-2-6-14-27/h2-10,13-18,26,30-32H,11-12,19-25H2,1H3,(H,37,43)/t30-,31?,32?/m0/s1. The second-order valence-electron chi connectivity index (χ2n) is 11.8. The first-order valence-electron chi connectivity index (χ1n) is 15.7. The smallest absolute Gasteiger partial charge is 0.407 e. The largest absolute Gasteiger partial charge is 0.444 e. The van der Waals surface area contributed by atoms with Crippen molar-refractivity contribution in [2.24, 2.45) is 0 Å². The number of amides is 2. The van der Waals surface area contributed by atoms with E-state index in [0.29, 0.717) is 12.2 Å². The molecular weight excluding hydrogens is 550 g/mol. The van der Waals surface area contributed by atoms with Crippen molar-refractivity contribution in [2.45, 2.75) is 56.8 Å². The van der Waals surface area contributed by atoms with E-state index in [1.807, 2.05) is 47.4 Å². The minimum absolute atomic E-state index is 0.00449. The Kier molecular flexibility index (Phi) is 9.37. The average Bonchev–Trinajstić information content (AvgIpc) is 3.51. The molecule has 1 saturated carbocycles. The summed E-state index contributed by atoms with van der Waals surface area (Å²) in [6.45, 7) is 3.04. The van der Waals surface area contributed by atoms with Crippen molar-refractivity contribution in [3.63, 3.8) is 0 Å². The molecule has 3 aromatic carbocycles. The van der Waals surface area contributed by atoms with Gasteiger partial charge in [0.15, 0.2) is 5.69 Å². The van der Waals surface area contributed by atoms with Crippen LogP contribution in [0.5, 0.6) is 0 Å². The van der Waals surface area contributed by atoms with Gasteiger partial charge in [-0.2, -0.15) is 0 Å². The van der Waals surface area contributed by atoms with Gasteiger partial charge in [0.1, 0.15) is 6.10 Å². The molecule has 2 unspecified atom stereocenters. The van der Waals surface area contributed by atoms with Gasteiger partial charge in [-0.3, -0.25) is 9.69 Å². The molecule has 2 aliphatic rings. The van der Waals surface area contributed by atoms with Gasteiger partial charge >= 0.3 is 6.09 Å². The predicted octanol–water partition coefficient (Wildman–Crippen LogP) is 5.96. The summed E-state index contributed by atoms with van der Waals surface area (Å²) in [5.41, 5.74) is 4.66. The molecule has 3 atom stereocenters. The molecule has 1 saturated heterocycles. The molecule has 0 radical (unpaired) electrons. The second kappa shape index (κ2) is 13.9. The molecule has 0 bridgehead atoms. The molecule has 228 valence electrons. The predicted molar refractivity (Wildman–Crippen MR) is 171 cm³/mol. The zero-order valence-electron chi connectivity index (χ0n) is 25.3. The minimum atomic E-state index is -0.434. The third kappa shape index (κ3) is 6.70. The summed E-state index contributed by atoms with van der Waals surface area (Å²) in [6, 6.07) is 30.8. The van der Waals surface area contributed by atoms with Crippen molar-refractivity contribution >= 4 is 12.0 Å². The van der Waals surface area contributed by atoms with E-state index in [4.69, 9.17) is 9.72 Å². The summed E-state index contributed by atoms with van der Waals surface area (Å²) in [5, 5.41) is 2.59. The van der Waals surface area contributed by atoms with E-state index in [2.05, 4.69) is 63.3 Å². The maximum Gasteiger partial charge on any atom is 0.407 e. The number of imidazole rings is 1. The van der Waals surface area contributed by atoms with E-state index in [9.17, 15) is 9.59 Å². The zero-order valence-corrected chi connectivity index (χ0v) is 25.3. The van der Waals surface area contributed by atoms with Crippen molar-refractivity contribution in [2.75, 3.05) is 26.7 Å². The highest BCUT2D eigenvalue weighted by molar-refractivity contribution is 5.98. The number of aromatic nitrogens is 2. The zero-order chi connectivity index (χ0) is 30.3. The number of hydrogen-bond donors (Lipinski definition) is 1. The molecule has 1 aromatic heterocycles. The summed E-state index contributed by atoms with van der Waals surface area (Å²) < 4.78 is 7.92. The number of alkyl carbamates (subject to hydrolysis) is 1.